The summed E-state index contributed by atoms with van der Waals surface area (Å²) in [6, 6.07) is 0.463. The van der Waals surface area contributed by atoms with Crippen molar-refractivity contribution in [1.82, 2.24) is 9.80 Å². The molecule has 0 aliphatic heterocycles. The van der Waals surface area contributed by atoms with Gasteiger partial charge in [0.2, 0.25) is 0 Å². The first kappa shape index (κ1) is 13.8. The molecule has 0 rings (SSSR count). The van der Waals surface area contributed by atoms with Gasteiger partial charge in [0.1, 0.15) is 0 Å². The van der Waals surface area contributed by atoms with Gasteiger partial charge in [-0.3, -0.25) is 4.90 Å². The van der Waals surface area contributed by atoms with Crippen molar-refractivity contribution in [2.24, 2.45) is 0 Å². The predicted molar refractivity (Wildman–Crippen MR) is 58.4 cm³/mol. The van der Waals surface area contributed by atoms with Gasteiger partial charge in [0, 0.05) is 32.2 Å². The number of hydrogen-bond donors (Lipinski definition) is 2. The summed E-state index contributed by atoms with van der Waals surface area (Å²) in [6.07, 6.45) is 0. The molecule has 0 aliphatic rings. The predicted octanol–water partition coefficient (Wildman–Crippen LogP) is -0.387. The van der Waals surface area contributed by atoms with E-state index in [4.69, 9.17) is 10.2 Å². The zero-order valence-corrected chi connectivity index (χ0v) is 9.61. The fourth-order valence-electron chi connectivity index (χ4n) is 1.34. The molecular weight excluding hydrogens is 180 g/mol. The van der Waals surface area contributed by atoms with Crippen molar-refractivity contribution in [2.45, 2.75) is 19.9 Å². The normalized spacial score (nSPS) is 12.0. The van der Waals surface area contributed by atoms with Gasteiger partial charge in [-0.05, 0) is 20.9 Å². The lowest BCUT2D eigenvalue weighted by Gasteiger charge is -2.27. The molecule has 0 aromatic carbocycles. The fraction of sp³-hybridized carbons (Fsp3) is 1.00. The molecule has 0 bridgehead atoms. The first-order valence-electron chi connectivity index (χ1n) is 5.26. The first-order valence-corrected chi connectivity index (χ1v) is 5.26. The Bertz CT molecular complexity index is 131. The summed E-state index contributed by atoms with van der Waals surface area (Å²) in [7, 11) is 1.99. The SMILES string of the molecule is CC(C)N(CCO)CCN(C)CCO. The molecule has 4 heteroatoms. The molecule has 14 heavy (non-hydrogen) atoms. The molecule has 0 saturated heterocycles. The van der Waals surface area contributed by atoms with Crippen LogP contribution in [0.2, 0.25) is 0 Å². The highest BCUT2D eigenvalue weighted by molar-refractivity contribution is 4.64. The molecule has 0 aromatic rings. The maximum absolute atomic E-state index is 8.86. The summed E-state index contributed by atoms with van der Waals surface area (Å²) < 4.78 is 0. The van der Waals surface area contributed by atoms with Crippen LogP contribution in [-0.2, 0) is 0 Å². The van der Waals surface area contributed by atoms with Crippen molar-refractivity contribution >= 4 is 0 Å². The highest BCUT2D eigenvalue weighted by Crippen LogP contribution is 1.97. The van der Waals surface area contributed by atoms with Gasteiger partial charge in [-0.2, -0.15) is 0 Å². The average molecular weight is 204 g/mol. The highest BCUT2D eigenvalue weighted by atomic mass is 16.3. The number of aliphatic hydroxyl groups excluding tert-OH is 2. The Morgan fingerprint density at radius 2 is 1.50 bits per heavy atom. The van der Waals surface area contributed by atoms with Crippen LogP contribution in [0.15, 0.2) is 0 Å². The van der Waals surface area contributed by atoms with Crippen LogP contribution >= 0.6 is 0 Å². The minimum Gasteiger partial charge on any atom is -0.395 e. The standard InChI is InChI=1S/C10H24N2O2/c1-10(2)12(7-9-14)5-4-11(3)6-8-13/h10,13-14H,4-9H2,1-3H3. The van der Waals surface area contributed by atoms with Crippen LogP contribution < -0.4 is 0 Å². The monoisotopic (exact) mass is 204 g/mol. The van der Waals surface area contributed by atoms with Gasteiger partial charge in [-0.25, -0.2) is 0 Å². The molecule has 0 spiro atoms. The molecule has 0 amide bonds. The van der Waals surface area contributed by atoms with Gasteiger partial charge >= 0.3 is 0 Å². The van der Waals surface area contributed by atoms with E-state index in [2.05, 4.69) is 23.6 Å². The summed E-state index contributed by atoms with van der Waals surface area (Å²) in [4.78, 5) is 4.32. The van der Waals surface area contributed by atoms with Crippen molar-refractivity contribution in [3.63, 3.8) is 0 Å². The lowest BCUT2D eigenvalue weighted by molar-refractivity contribution is 0.142. The van der Waals surface area contributed by atoms with E-state index < -0.39 is 0 Å². The third-order valence-corrected chi connectivity index (χ3v) is 2.37. The van der Waals surface area contributed by atoms with E-state index in [1.807, 2.05) is 7.05 Å². The van der Waals surface area contributed by atoms with Crippen LogP contribution in [-0.4, -0.2) is 72.5 Å². The van der Waals surface area contributed by atoms with Crippen LogP contribution in [0.1, 0.15) is 13.8 Å². The van der Waals surface area contributed by atoms with Crippen molar-refractivity contribution in [3.05, 3.63) is 0 Å². The summed E-state index contributed by atoms with van der Waals surface area (Å²) in [5.74, 6) is 0. The van der Waals surface area contributed by atoms with Crippen molar-refractivity contribution in [3.8, 4) is 0 Å². The summed E-state index contributed by atoms with van der Waals surface area (Å²) in [5, 5.41) is 17.6. The lowest BCUT2D eigenvalue weighted by Crippen LogP contribution is -2.39. The molecule has 0 atom stereocenters. The van der Waals surface area contributed by atoms with Crippen LogP contribution in [0.5, 0.6) is 0 Å². The van der Waals surface area contributed by atoms with E-state index in [0.717, 1.165) is 19.6 Å². The highest BCUT2D eigenvalue weighted by Gasteiger charge is 2.08. The minimum absolute atomic E-state index is 0.207. The molecule has 0 unspecified atom stereocenters. The maximum Gasteiger partial charge on any atom is 0.0558 e. The Morgan fingerprint density at radius 3 is 1.93 bits per heavy atom. The van der Waals surface area contributed by atoms with Crippen LogP contribution in [0.25, 0.3) is 0 Å². The van der Waals surface area contributed by atoms with E-state index in [-0.39, 0.29) is 13.2 Å². The van der Waals surface area contributed by atoms with Crippen molar-refractivity contribution in [1.29, 1.82) is 0 Å². The van der Waals surface area contributed by atoms with Crippen LogP contribution in [0, 0.1) is 0 Å². The number of aliphatic hydroxyl groups is 2. The van der Waals surface area contributed by atoms with Gasteiger partial charge in [0.25, 0.3) is 0 Å². The van der Waals surface area contributed by atoms with E-state index in [0.29, 0.717) is 12.6 Å². The molecule has 0 aromatic heterocycles. The van der Waals surface area contributed by atoms with Crippen LogP contribution in [0.4, 0.5) is 0 Å². The van der Waals surface area contributed by atoms with Gasteiger partial charge in [0.15, 0.2) is 0 Å². The van der Waals surface area contributed by atoms with Crippen molar-refractivity contribution < 1.29 is 10.2 Å². The molecule has 0 fully saturated rings. The Balaban J connectivity index is 3.69. The molecular formula is C10H24N2O2. The Hall–Kier alpha value is -0.160. The third kappa shape index (κ3) is 6.32. The second kappa shape index (κ2) is 8.17. The van der Waals surface area contributed by atoms with Crippen LogP contribution in [0.3, 0.4) is 0 Å². The Morgan fingerprint density at radius 1 is 0.929 bits per heavy atom. The van der Waals surface area contributed by atoms with E-state index >= 15 is 0 Å². The molecule has 0 radical (unpaired) electrons. The zero-order chi connectivity index (χ0) is 11.0. The van der Waals surface area contributed by atoms with E-state index in [1.165, 1.54) is 0 Å². The lowest BCUT2D eigenvalue weighted by atomic mass is 10.3. The topological polar surface area (TPSA) is 46.9 Å². The van der Waals surface area contributed by atoms with E-state index in [9.17, 15) is 0 Å². The Labute approximate surface area is 87.1 Å². The second-order valence-corrected chi connectivity index (χ2v) is 3.88. The van der Waals surface area contributed by atoms with Gasteiger partial charge in [0.05, 0.1) is 13.2 Å². The van der Waals surface area contributed by atoms with Gasteiger partial charge < -0.3 is 15.1 Å². The minimum atomic E-state index is 0.207. The maximum atomic E-state index is 8.86. The average Bonchev–Trinajstić information content (AvgIpc) is 2.12. The summed E-state index contributed by atoms with van der Waals surface area (Å²) in [6.45, 7) is 7.98. The number of rotatable bonds is 8. The first-order chi connectivity index (χ1) is 6.61. The second-order valence-electron chi connectivity index (χ2n) is 3.88. The Kier molecular flexibility index (Phi) is 8.08. The smallest absolute Gasteiger partial charge is 0.0558 e. The molecule has 86 valence electrons. The number of likely N-dealkylation sites (N-methyl/N-ethyl adjacent to an activating group) is 1. The van der Waals surface area contributed by atoms with Gasteiger partial charge in [-0.1, -0.05) is 0 Å². The molecule has 0 saturated carbocycles. The molecule has 2 N–H and O–H groups in total. The van der Waals surface area contributed by atoms with Gasteiger partial charge in [-0.15, -0.1) is 0 Å². The quantitative estimate of drug-likeness (QED) is 0.565. The number of nitrogens with zero attached hydrogens (tertiary/aromatic N) is 2. The molecule has 0 aliphatic carbocycles. The largest absolute Gasteiger partial charge is 0.395 e. The summed E-state index contributed by atoms with van der Waals surface area (Å²) >= 11 is 0. The van der Waals surface area contributed by atoms with E-state index in [1.54, 1.807) is 0 Å². The number of hydrogen-bond acceptors (Lipinski definition) is 4. The van der Waals surface area contributed by atoms with Crippen molar-refractivity contribution in [2.75, 3.05) is 46.4 Å². The zero-order valence-electron chi connectivity index (χ0n) is 9.61. The fourth-order valence-corrected chi connectivity index (χ4v) is 1.34. The third-order valence-electron chi connectivity index (χ3n) is 2.37. The summed E-state index contributed by atoms with van der Waals surface area (Å²) in [5.41, 5.74) is 0. The molecule has 4 nitrogen and oxygen atoms in total. The molecule has 0 heterocycles.